The summed E-state index contributed by atoms with van der Waals surface area (Å²) in [5.41, 5.74) is 0. The molecule has 2 fully saturated rings. The van der Waals surface area contributed by atoms with E-state index in [1.165, 1.54) is 12.8 Å². The number of furan rings is 1. The van der Waals surface area contributed by atoms with Gasteiger partial charge in [0, 0.05) is 32.2 Å². The third kappa shape index (κ3) is 3.58. The second-order valence-electron chi connectivity index (χ2n) is 5.40. The maximum atomic E-state index is 11.8. The number of nitrogens with zero attached hydrogens (tertiary/aromatic N) is 2. The summed E-state index contributed by atoms with van der Waals surface area (Å²) in [5, 5.41) is 2.89. The lowest BCUT2D eigenvalue weighted by molar-refractivity contribution is -0.122. The van der Waals surface area contributed by atoms with Crippen molar-refractivity contribution in [2.24, 2.45) is 0 Å². The minimum Gasteiger partial charge on any atom is -0.467 e. The first-order valence-corrected chi connectivity index (χ1v) is 7.07. The zero-order valence-corrected chi connectivity index (χ0v) is 11.2. The molecule has 19 heavy (non-hydrogen) atoms. The van der Waals surface area contributed by atoms with E-state index in [2.05, 4.69) is 15.1 Å². The molecule has 0 radical (unpaired) electrons. The largest absolute Gasteiger partial charge is 0.467 e. The van der Waals surface area contributed by atoms with E-state index in [-0.39, 0.29) is 5.91 Å². The molecule has 0 atom stereocenters. The molecule has 1 saturated carbocycles. The fourth-order valence-corrected chi connectivity index (χ4v) is 2.58. The standard InChI is InChI=1S/C14H21N3O2/c18-14(15-10-13-2-1-9-19-13)11-16-5-7-17(8-6-16)12-3-4-12/h1-2,9,12H,3-8,10-11H2,(H,15,18). The van der Waals surface area contributed by atoms with Crippen molar-refractivity contribution < 1.29 is 9.21 Å². The molecule has 1 N–H and O–H groups in total. The van der Waals surface area contributed by atoms with Crippen molar-refractivity contribution in [2.75, 3.05) is 32.7 Å². The summed E-state index contributed by atoms with van der Waals surface area (Å²) >= 11 is 0. The van der Waals surface area contributed by atoms with Crippen molar-refractivity contribution >= 4 is 5.91 Å². The summed E-state index contributed by atoms with van der Waals surface area (Å²) in [7, 11) is 0. The molecule has 104 valence electrons. The van der Waals surface area contributed by atoms with E-state index >= 15 is 0 Å². The zero-order chi connectivity index (χ0) is 13.1. The second-order valence-corrected chi connectivity index (χ2v) is 5.40. The van der Waals surface area contributed by atoms with Gasteiger partial charge in [-0.1, -0.05) is 0 Å². The van der Waals surface area contributed by atoms with Gasteiger partial charge < -0.3 is 9.73 Å². The zero-order valence-electron chi connectivity index (χ0n) is 11.2. The summed E-state index contributed by atoms with van der Waals surface area (Å²) in [6, 6.07) is 4.54. The van der Waals surface area contributed by atoms with E-state index in [9.17, 15) is 4.79 Å². The lowest BCUT2D eigenvalue weighted by Crippen LogP contribution is -2.49. The maximum Gasteiger partial charge on any atom is 0.234 e. The molecule has 0 spiro atoms. The van der Waals surface area contributed by atoms with Crippen LogP contribution in [0.5, 0.6) is 0 Å². The molecule has 0 bridgehead atoms. The minimum absolute atomic E-state index is 0.0799. The van der Waals surface area contributed by atoms with E-state index in [1.54, 1.807) is 6.26 Å². The van der Waals surface area contributed by atoms with Crippen molar-refractivity contribution in [3.63, 3.8) is 0 Å². The molecule has 1 aliphatic carbocycles. The van der Waals surface area contributed by atoms with Gasteiger partial charge in [-0.15, -0.1) is 0 Å². The summed E-state index contributed by atoms with van der Waals surface area (Å²) in [4.78, 5) is 16.6. The third-order valence-electron chi connectivity index (χ3n) is 3.88. The van der Waals surface area contributed by atoms with Crippen LogP contribution in [0.3, 0.4) is 0 Å². The van der Waals surface area contributed by atoms with Crippen LogP contribution in [0.4, 0.5) is 0 Å². The lowest BCUT2D eigenvalue weighted by atomic mass is 10.3. The van der Waals surface area contributed by atoms with Crippen LogP contribution >= 0.6 is 0 Å². The van der Waals surface area contributed by atoms with Crippen molar-refractivity contribution in [1.29, 1.82) is 0 Å². The lowest BCUT2D eigenvalue weighted by Gasteiger charge is -2.34. The van der Waals surface area contributed by atoms with Gasteiger partial charge in [-0.2, -0.15) is 0 Å². The fraction of sp³-hybridized carbons (Fsp3) is 0.643. The number of amides is 1. The Bertz CT molecular complexity index is 406. The average molecular weight is 263 g/mol. The predicted molar refractivity (Wildman–Crippen MR) is 71.6 cm³/mol. The Morgan fingerprint density at radius 1 is 1.32 bits per heavy atom. The molecule has 1 aliphatic heterocycles. The van der Waals surface area contributed by atoms with Gasteiger partial charge in [0.25, 0.3) is 0 Å². The number of carbonyl (C=O) groups is 1. The number of piperazine rings is 1. The van der Waals surface area contributed by atoms with Crippen LogP contribution in [0.25, 0.3) is 0 Å². The van der Waals surface area contributed by atoms with E-state index in [4.69, 9.17) is 4.42 Å². The second kappa shape index (κ2) is 5.75. The Labute approximate surface area is 113 Å². The highest BCUT2D eigenvalue weighted by atomic mass is 16.3. The first-order valence-electron chi connectivity index (χ1n) is 7.07. The van der Waals surface area contributed by atoms with Gasteiger partial charge in [0.1, 0.15) is 5.76 Å². The van der Waals surface area contributed by atoms with E-state index < -0.39 is 0 Å². The highest BCUT2D eigenvalue weighted by molar-refractivity contribution is 5.77. The maximum absolute atomic E-state index is 11.8. The number of rotatable bonds is 5. The van der Waals surface area contributed by atoms with E-state index in [0.717, 1.165) is 38.0 Å². The number of hydrogen-bond donors (Lipinski definition) is 1. The SMILES string of the molecule is O=C(CN1CCN(C2CC2)CC1)NCc1ccco1. The van der Waals surface area contributed by atoms with Crippen molar-refractivity contribution in [3.8, 4) is 0 Å². The predicted octanol–water partition coefficient (Wildman–Crippen LogP) is 0.676. The molecule has 0 unspecified atom stereocenters. The topological polar surface area (TPSA) is 48.7 Å². The van der Waals surface area contributed by atoms with Crippen LogP contribution < -0.4 is 5.32 Å². The van der Waals surface area contributed by atoms with Gasteiger partial charge in [0.15, 0.2) is 0 Å². The smallest absolute Gasteiger partial charge is 0.234 e. The molecule has 2 aliphatic rings. The van der Waals surface area contributed by atoms with Crippen LogP contribution in [-0.4, -0.2) is 54.5 Å². The quantitative estimate of drug-likeness (QED) is 0.848. The Kier molecular flexibility index (Phi) is 3.84. The number of carbonyl (C=O) groups excluding carboxylic acids is 1. The van der Waals surface area contributed by atoms with Gasteiger partial charge in [-0.25, -0.2) is 0 Å². The summed E-state index contributed by atoms with van der Waals surface area (Å²) in [5.74, 6) is 0.878. The van der Waals surface area contributed by atoms with Crippen molar-refractivity contribution in [1.82, 2.24) is 15.1 Å². The van der Waals surface area contributed by atoms with Crippen LogP contribution in [-0.2, 0) is 11.3 Å². The summed E-state index contributed by atoms with van der Waals surface area (Å²) in [6.07, 6.45) is 4.35. The summed E-state index contributed by atoms with van der Waals surface area (Å²) < 4.78 is 5.19. The molecule has 1 aromatic rings. The Balaban J connectivity index is 1.35. The first-order chi connectivity index (χ1) is 9.31. The van der Waals surface area contributed by atoms with Crippen LogP contribution in [0.1, 0.15) is 18.6 Å². The molecule has 5 heteroatoms. The normalized spacial score (nSPS) is 21.5. The molecule has 1 aromatic heterocycles. The number of nitrogens with one attached hydrogen (secondary N) is 1. The molecule has 1 amide bonds. The van der Waals surface area contributed by atoms with Gasteiger partial charge >= 0.3 is 0 Å². The first kappa shape index (κ1) is 12.7. The Hall–Kier alpha value is -1.33. The molecule has 0 aromatic carbocycles. The van der Waals surface area contributed by atoms with Crippen LogP contribution in [0.2, 0.25) is 0 Å². The Morgan fingerprint density at radius 3 is 2.74 bits per heavy atom. The van der Waals surface area contributed by atoms with E-state index in [0.29, 0.717) is 13.1 Å². The van der Waals surface area contributed by atoms with Crippen molar-refractivity contribution in [2.45, 2.75) is 25.4 Å². The third-order valence-corrected chi connectivity index (χ3v) is 3.88. The fourth-order valence-electron chi connectivity index (χ4n) is 2.58. The highest BCUT2D eigenvalue weighted by Crippen LogP contribution is 2.27. The van der Waals surface area contributed by atoms with Gasteiger partial charge in [0.05, 0.1) is 19.4 Å². The van der Waals surface area contributed by atoms with Gasteiger partial charge in [-0.3, -0.25) is 14.6 Å². The molecular formula is C14H21N3O2. The number of hydrogen-bond acceptors (Lipinski definition) is 4. The highest BCUT2D eigenvalue weighted by Gasteiger charge is 2.31. The van der Waals surface area contributed by atoms with Crippen molar-refractivity contribution in [3.05, 3.63) is 24.2 Å². The molecule has 5 nitrogen and oxygen atoms in total. The van der Waals surface area contributed by atoms with Gasteiger partial charge in [0.2, 0.25) is 5.91 Å². The summed E-state index contributed by atoms with van der Waals surface area (Å²) in [6.45, 7) is 5.20. The minimum atomic E-state index is 0.0799. The van der Waals surface area contributed by atoms with Gasteiger partial charge in [-0.05, 0) is 25.0 Å². The van der Waals surface area contributed by atoms with E-state index in [1.807, 2.05) is 12.1 Å². The molecular weight excluding hydrogens is 242 g/mol. The Morgan fingerprint density at radius 2 is 2.11 bits per heavy atom. The molecule has 3 rings (SSSR count). The van der Waals surface area contributed by atoms with Crippen LogP contribution in [0.15, 0.2) is 22.8 Å². The molecule has 1 saturated heterocycles. The average Bonchev–Trinajstić information content (AvgIpc) is 3.14. The van der Waals surface area contributed by atoms with Crippen LogP contribution in [0, 0.1) is 0 Å². The monoisotopic (exact) mass is 263 g/mol. The molecule has 2 heterocycles.